The van der Waals surface area contributed by atoms with Crippen molar-refractivity contribution in [3.8, 4) is 39.9 Å². The van der Waals surface area contributed by atoms with Crippen LogP contribution in [0.25, 0.3) is 131 Å². The lowest BCUT2D eigenvalue weighted by Gasteiger charge is -2.11. The molecule has 14 aromatic rings. The van der Waals surface area contributed by atoms with E-state index in [0.29, 0.717) is 17.5 Å². The number of thiophene rings is 1. The van der Waals surface area contributed by atoms with Crippen molar-refractivity contribution in [2.45, 2.75) is 0 Å². The van der Waals surface area contributed by atoms with Gasteiger partial charge in [0.1, 0.15) is 0 Å². The average Bonchev–Trinajstić information content (AvgIpc) is 3.96. The van der Waals surface area contributed by atoms with E-state index < -0.39 is 0 Å². The number of para-hydroxylation sites is 1. The van der Waals surface area contributed by atoms with Crippen molar-refractivity contribution in [1.82, 2.24) is 23.9 Å². The summed E-state index contributed by atoms with van der Waals surface area (Å²) in [5.41, 5.74) is 10.4. The van der Waals surface area contributed by atoms with E-state index in [1.54, 1.807) is 0 Å². The zero-order valence-corrected chi connectivity index (χ0v) is 29.9. The molecule has 0 radical (unpaired) electrons. The molecule has 0 bridgehead atoms. The summed E-state index contributed by atoms with van der Waals surface area (Å²) in [6.07, 6.45) is 0. The van der Waals surface area contributed by atoms with Crippen molar-refractivity contribution in [2.24, 2.45) is 0 Å². The predicted molar refractivity (Wildman–Crippen MR) is 229 cm³/mol. The zero-order valence-electron chi connectivity index (χ0n) is 29.1. The van der Waals surface area contributed by atoms with Gasteiger partial charge in [0, 0.05) is 74.9 Å². The minimum Gasteiger partial charge on any atom is -0.309 e. The summed E-state index contributed by atoms with van der Waals surface area (Å²) in [6, 6.07) is 54.6. The monoisotopic (exact) mass is 715 g/mol. The maximum atomic E-state index is 5.09. The third-order valence-corrected chi connectivity index (χ3v) is 13.1. The van der Waals surface area contributed by atoms with Crippen molar-refractivity contribution >= 4 is 102 Å². The van der Waals surface area contributed by atoms with Crippen molar-refractivity contribution in [3.05, 3.63) is 152 Å². The molecule has 0 amide bonds. The number of hydrogen-bond donors (Lipinski definition) is 0. The molecule has 0 atom stereocenters. The highest BCUT2D eigenvalue weighted by Gasteiger charge is 2.28. The summed E-state index contributed by atoms with van der Waals surface area (Å²) in [7, 11) is 0. The highest BCUT2D eigenvalue weighted by atomic mass is 32.1. The van der Waals surface area contributed by atoms with Crippen LogP contribution in [0.3, 0.4) is 0 Å². The van der Waals surface area contributed by atoms with Crippen molar-refractivity contribution in [3.63, 3.8) is 0 Å². The molecule has 5 nitrogen and oxygen atoms in total. The molecule has 0 aliphatic rings. The zero-order chi connectivity index (χ0) is 35.5. The Kier molecular flexibility index (Phi) is 5.09. The highest BCUT2D eigenvalue weighted by Crippen LogP contribution is 2.53. The molecule has 252 valence electrons. The molecule has 0 saturated heterocycles. The average molecular weight is 716 g/mol. The van der Waals surface area contributed by atoms with Crippen molar-refractivity contribution < 1.29 is 0 Å². The van der Waals surface area contributed by atoms with E-state index in [0.717, 1.165) is 27.8 Å². The largest absolute Gasteiger partial charge is 0.309 e. The molecule has 55 heavy (non-hydrogen) atoms. The quantitative estimate of drug-likeness (QED) is 0.182. The second kappa shape index (κ2) is 9.88. The molecule has 0 aliphatic carbocycles. The normalized spacial score (nSPS) is 12.7. The van der Waals surface area contributed by atoms with Gasteiger partial charge in [-0.25, -0.2) is 15.0 Å². The van der Waals surface area contributed by atoms with Gasteiger partial charge >= 0.3 is 0 Å². The smallest absolute Gasteiger partial charge is 0.164 e. The van der Waals surface area contributed by atoms with Gasteiger partial charge in [-0.1, -0.05) is 97.1 Å². The van der Waals surface area contributed by atoms with E-state index >= 15 is 0 Å². The molecule has 0 spiro atoms. The maximum Gasteiger partial charge on any atom is 0.164 e. The van der Waals surface area contributed by atoms with Gasteiger partial charge < -0.3 is 8.97 Å². The van der Waals surface area contributed by atoms with Crippen LogP contribution in [-0.2, 0) is 0 Å². The first-order valence-corrected chi connectivity index (χ1v) is 19.4. The molecule has 0 aliphatic heterocycles. The third-order valence-electron chi connectivity index (χ3n) is 12.0. The molecule has 0 unspecified atom stereocenters. The Labute approximate surface area is 316 Å². The lowest BCUT2D eigenvalue weighted by molar-refractivity contribution is 1.07. The van der Waals surface area contributed by atoms with E-state index in [-0.39, 0.29) is 0 Å². The number of nitrogens with zero attached hydrogens (tertiary/aromatic N) is 5. The molecule has 6 heterocycles. The second-order valence-corrected chi connectivity index (χ2v) is 15.9. The van der Waals surface area contributed by atoms with Gasteiger partial charge in [-0.15, -0.1) is 11.3 Å². The topological polar surface area (TPSA) is 48.0 Å². The minimum atomic E-state index is 0.649. The second-order valence-electron chi connectivity index (χ2n) is 14.8. The molecule has 14 rings (SSSR count). The Bertz CT molecular complexity index is 3810. The first-order valence-electron chi connectivity index (χ1n) is 18.6. The summed E-state index contributed by atoms with van der Waals surface area (Å²) in [6.45, 7) is 0. The predicted octanol–water partition coefficient (Wildman–Crippen LogP) is 13.0. The van der Waals surface area contributed by atoms with Crippen LogP contribution < -0.4 is 0 Å². The fourth-order valence-electron chi connectivity index (χ4n) is 9.68. The van der Waals surface area contributed by atoms with Crippen molar-refractivity contribution in [2.75, 3.05) is 0 Å². The van der Waals surface area contributed by atoms with Crippen LogP contribution in [0.5, 0.6) is 0 Å². The first kappa shape index (κ1) is 28.4. The standard InChI is InChI=1S/C49H25N5S/c1-2-8-27(9-3-1)47-50-48(52-49(51-47)30-14-13-26-7-4-5-10-29(26)25-30)28-15-17-31(18-16-28)53-36-22-24-38-42-40(36)41-37(53)21-19-34-32-11-6-12-33-35-20-23-39(55-38)43(42)46(35)54(44(32)33)45(34)41/h1-25H. The molecule has 8 aromatic carbocycles. The third kappa shape index (κ3) is 3.51. The van der Waals surface area contributed by atoms with Crippen LogP contribution in [-0.4, -0.2) is 23.9 Å². The van der Waals surface area contributed by atoms with Gasteiger partial charge in [-0.05, 0) is 65.4 Å². The van der Waals surface area contributed by atoms with Crippen LogP contribution in [0.15, 0.2) is 152 Å². The molecular weight excluding hydrogens is 691 g/mol. The van der Waals surface area contributed by atoms with Crippen LogP contribution in [0.1, 0.15) is 0 Å². The Hall–Kier alpha value is -7.15. The summed E-state index contributed by atoms with van der Waals surface area (Å²) < 4.78 is 7.73. The lowest BCUT2D eigenvalue weighted by atomic mass is 10.0. The Morgan fingerprint density at radius 3 is 1.76 bits per heavy atom. The van der Waals surface area contributed by atoms with E-state index in [4.69, 9.17) is 15.0 Å². The number of fused-ring (bicyclic) bond motifs is 3. The van der Waals surface area contributed by atoms with Gasteiger partial charge in [0.25, 0.3) is 0 Å². The van der Waals surface area contributed by atoms with E-state index in [1.165, 1.54) is 85.5 Å². The van der Waals surface area contributed by atoms with Gasteiger partial charge in [-0.3, -0.25) is 0 Å². The first-order chi connectivity index (χ1) is 27.3. The summed E-state index contributed by atoms with van der Waals surface area (Å²) >= 11 is 1.91. The number of benzene rings is 8. The molecule has 0 N–H and O–H groups in total. The minimum absolute atomic E-state index is 0.649. The highest BCUT2D eigenvalue weighted by molar-refractivity contribution is 7.26. The Morgan fingerprint density at radius 1 is 0.382 bits per heavy atom. The molecule has 0 fully saturated rings. The molecule has 6 aromatic heterocycles. The lowest BCUT2D eigenvalue weighted by Crippen LogP contribution is -2.00. The molecule has 6 heteroatoms. The van der Waals surface area contributed by atoms with Gasteiger partial charge in [0.2, 0.25) is 0 Å². The van der Waals surface area contributed by atoms with Crippen LogP contribution in [0, 0.1) is 0 Å². The van der Waals surface area contributed by atoms with E-state index in [9.17, 15) is 0 Å². The van der Waals surface area contributed by atoms with Gasteiger partial charge in [-0.2, -0.15) is 0 Å². The molecule has 0 saturated carbocycles. The summed E-state index contributed by atoms with van der Waals surface area (Å²) in [5.74, 6) is 1.96. The van der Waals surface area contributed by atoms with E-state index in [1.807, 2.05) is 29.5 Å². The van der Waals surface area contributed by atoms with Crippen molar-refractivity contribution in [1.29, 1.82) is 0 Å². The number of rotatable bonds is 4. The summed E-state index contributed by atoms with van der Waals surface area (Å²) in [5, 5.41) is 13.1. The van der Waals surface area contributed by atoms with Gasteiger partial charge in [0.15, 0.2) is 17.5 Å². The maximum absolute atomic E-state index is 5.09. The van der Waals surface area contributed by atoms with E-state index in [2.05, 4.69) is 142 Å². The van der Waals surface area contributed by atoms with Crippen LogP contribution in [0.2, 0.25) is 0 Å². The molecular formula is C49H25N5S. The fourth-order valence-corrected chi connectivity index (χ4v) is 10.8. The fraction of sp³-hybridized carbons (Fsp3) is 0. The Balaban J connectivity index is 1.00. The van der Waals surface area contributed by atoms with Gasteiger partial charge in [0.05, 0.1) is 27.6 Å². The number of aromatic nitrogens is 5. The summed E-state index contributed by atoms with van der Waals surface area (Å²) in [4.78, 5) is 15.1. The Morgan fingerprint density at radius 2 is 0.964 bits per heavy atom. The SMILES string of the molecule is c1ccc(-c2nc(-c3ccc(-n4c5ccc6sc7ccc8c9cccc%10c%11ccc4c4c5c6c7c8n(c9%10)c%114)cc3)nc(-c3ccc4ccccc4c3)n2)cc1. The number of hydrogen-bond acceptors (Lipinski definition) is 4. The van der Waals surface area contributed by atoms with Crippen LogP contribution in [0.4, 0.5) is 0 Å². The van der Waals surface area contributed by atoms with Crippen LogP contribution >= 0.6 is 11.3 Å².